The summed E-state index contributed by atoms with van der Waals surface area (Å²) in [5.41, 5.74) is 1.13. The molecule has 5 rings (SSSR count). The first-order chi connectivity index (χ1) is 18.6. The number of urea groups is 1. The number of furan rings is 1. The van der Waals surface area contributed by atoms with Gasteiger partial charge in [0.15, 0.2) is 17.1 Å². The van der Waals surface area contributed by atoms with Gasteiger partial charge in [-0.15, -0.1) is 0 Å². The Labute approximate surface area is 221 Å². The first-order valence-corrected chi connectivity index (χ1v) is 12.0. The number of imide groups is 1. The molecule has 0 spiro atoms. The highest BCUT2D eigenvalue weighted by atomic mass is 19.1. The Morgan fingerprint density at radius 1 is 1.15 bits per heavy atom. The minimum Gasteiger partial charge on any atom is -0.494 e. The Bertz CT molecular complexity index is 1650. The molecule has 4 amide bonds. The third-order valence-corrected chi connectivity index (χ3v) is 6.94. The second kappa shape index (κ2) is 9.53. The molecule has 3 heterocycles. The molecule has 1 atom stereocenters. The van der Waals surface area contributed by atoms with Crippen LogP contribution in [0.1, 0.15) is 22.7 Å². The molecule has 1 aliphatic rings. The monoisotopic (exact) mass is 537 g/mol. The summed E-state index contributed by atoms with van der Waals surface area (Å²) in [5, 5.41) is 9.58. The van der Waals surface area contributed by atoms with Crippen LogP contribution in [0, 0.1) is 25.5 Å². The number of aryl methyl sites for hydroxylation is 2. The zero-order valence-electron chi connectivity index (χ0n) is 21.6. The number of ether oxygens (including phenoxy) is 1. The number of nitrogens with one attached hydrogen (secondary N) is 2. The predicted molar refractivity (Wildman–Crippen MR) is 136 cm³/mol. The van der Waals surface area contributed by atoms with E-state index in [9.17, 15) is 18.8 Å². The molecule has 1 saturated heterocycles. The van der Waals surface area contributed by atoms with Gasteiger partial charge >= 0.3 is 6.03 Å². The molecule has 0 bridgehead atoms. The number of amides is 4. The van der Waals surface area contributed by atoms with Crippen molar-refractivity contribution in [2.24, 2.45) is 7.05 Å². The smallest absolute Gasteiger partial charge is 0.322 e. The maximum Gasteiger partial charge on any atom is 0.322 e. The van der Waals surface area contributed by atoms with Crippen molar-refractivity contribution in [3.63, 3.8) is 0 Å². The molecule has 2 aromatic heterocycles. The summed E-state index contributed by atoms with van der Waals surface area (Å²) in [4.78, 5) is 38.6. The van der Waals surface area contributed by atoms with Crippen LogP contribution in [-0.2, 0) is 28.7 Å². The SMILES string of the molecule is COc1ccc(CN(C=O)C[C@@]2(c3cc4cc(-c5c(C)nn(C)c5C)c(F)cc4o3)NC(=O)NC2=O)cc1F. The van der Waals surface area contributed by atoms with Gasteiger partial charge in [-0.25, -0.2) is 13.6 Å². The highest BCUT2D eigenvalue weighted by Crippen LogP contribution is 2.36. The standard InChI is InChI=1S/C27H25F2N5O5/c1-14-24(15(2)33(3)32-14)18-8-17-9-23(39-22(17)10-19(18)28)27(25(36)30-26(37)31-27)12-34(13-35)11-16-5-6-21(38-4)20(29)7-16/h5-10,13H,11-12H2,1-4H3,(H2,30,31,36,37)/t27-/m0/s1. The molecule has 4 aromatic rings. The summed E-state index contributed by atoms with van der Waals surface area (Å²) in [7, 11) is 3.10. The van der Waals surface area contributed by atoms with Crippen LogP contribution in [-0.4, -0.2) is 46.7 Å². The van der Waals surface area contributed by atoms with Gasteiger partial charge in [0.05, 0.1) is 19.3 Å². The van der Waals surface area contributed by atoms with Crippen LogP contribution in [0.3, 0.4) is 0 Å². The fraction of sp³-hybridized carbons (Fsp3) is 0.259. The van der Waals surface area contributed by atoms with Crippen LogP contribution >= 0.6 is 0 Å². The number of methoxy groups -OCH3 is 1. The molecular weight excluding hydrogens is 512 g/mol. The van der Waals surface area contributed by atoms with E-state index >= 15 is 4.39 Å². The molecule has 2 aromatic carbocycles. The second-order valence-corrected chi connectivity index (χ2v) is 9.44. The fourth-order valence-electron chi connectivity index (χ4n) is 4.96. The van der Waals surface area contributed by atoms with Crippen LogP contribution in [0.4, 0.5) is 13.6 Å². The van der Waals surface area contributed by atoms with Crippen molar-refractivity contribution >= 4 is 29.3 Å². The van der Waals surface area contributed by atoms with E-state index < -0.39 is 29.1 Å². The molecule has 0 aliphatic carbocycles. The number of aromatic nitrogens is 2. The number of halogens is 2. The van der Waals surface area contributed by atoms with Gasteiger partial charge in [-0.1, -0.05) is 6.07 Å². The normalized spacial score (nSPS) is 16.9. The van der Waals surface area contributed by atoms with Gasteiger partial charge in [0.2, 0.25) is 6.41 Å². The average molecular weight is 538 g/mol. The molecule has 0 saturated carbocycles. The minimum atomic E-state index is -1.81. The molecule has 1 aliphatic heterocycles. The van der Waals surface area contributed by atoms with Gasteiger partial charge in [0.1, 0.15) is 17.2 Å². The van der Waals surface area contributed by atoms with Gasteiger partial charge in [0, 0.05) is 41.9 Å². The van der Waals surface area contributed by atoms with E-state index in [1.54, 1.807) is 30.8 Å². The van der Waals surface area contributed by atoms with Gasteiger partial charge in [-0.3, -0.25) is 19.6 Å². The lowest BCUT2D eigenvalue weighted by Gasteiger charge is -2.29. The van der Waals surface area contributed by atoms with Gasteiger partial charge in [0.25, 0.3) is 5.91 Å². The Morgan fingerprint density at radius 2 is 1.92 bits per heavy atom. The van der Waals surface area contributed by atoms with Gasteiger partial charge < -0.3 is 19.4 Å². The first kappa shape index (κ1) is 25.9. The summed E-state index contributed by atoms with van der Waals surface area (Å²) >= 11 is 0. The average Bonchev–Trinajstić information content (AvgIpc) is 3.51. The molecule has 10 nitrogen and oxygen atoms in total. The lowest BCUT2D eigenvalue weighted by molar-refractivity contribution is -0.127. The summed E-state index contributed by atoms with van der Waals surface area (Å²) in [6.07, 6.45) is 0.482. The Hall–Kier alpha value is -4.74. The zero-order chi connectivity index (χ0) is 28.1. The van der Waals surface area contributed by atoms with Crippen molar-refractivity contribution in [3.8, 4) is 16.9 Å². The molecule has 39 heavy (non-hydrogen) atoms. The summed E-state index contributed by atoms with van der Waals surface area (Å²) in [6, 6.07) is 7.75. The quantitative estimate of drug-likeness (QED) is 0.263. The van der Waals surface area contributed by atoms with Crippen molar-refractivity contribution in [1.82, 2.24) is 25.3 Å². The first-order valence-electron chi connectivity index (χ1n) is 12.0. The summed E-state index contributed by atoms with van der Waals surface area (Å²) in [6.45, 7) is 3.20. The Kier molecular flexibility index (Phi) is 6.33. The maximum atomic E-state index is 15.2. The number of hydrogen-bond acceptors (Lipinski definition) is 6. The predicted octanol–water partition coefficient (Wildman–Crippen LogP) is 3.43. The van der Waals surface area contributed by atoms with E-state index in [1.807, 2.05) is 6.92 Å². The highest BCUT2D eigenvalue weighted by Gasteiger charge is 2.51. The second-order valence-electron chi connectivity index (χ2n) is 9.44. The molecule has 1 fully saturated rings. The molecule has 0 unspecified atom stereocenters. The Balaban J connectivity index is 1.54. The van der Waals surface area contributed by atoms with Crippen molar-refractivity contribution in [2.45, 2.75) is 25.9 Å². The van der Waals surface area contributed by atoms with Crippen LogP contribution in [0.15, 0.2) is 40.8 Å². The number of hydrogen-bond donors (Lipinski definition) is 2. The van der Waals surface area contributed by atoms with Crippen LogP contribution < -0.4 is 15.4 Å². The van der Waals surface area contributed by atoms with Crippen molar-refractivity contribution in [1.29, 1.82) is 0 Å². The van der Waals surface area contributed by atoms with E-state index in [4.69, 9.17) is 9.15 Å². The van der Waals surface area contributed by atoms with Gasteiger partial charge in [-0.05, 0) is 43.7 Å². The largest absolute Gasteiger partial charge is 0.494 e. The maximum absolute atomic E-state index is 15.2. The Morgan fingerprint density at radius 3 is 2.51 bits per heavy atom. The third kappa shape index (κ3) is 4.37. The zero-order valence-corrected chi connectivity index (χ0v) is 21.6. The van der Waals surface area contributed by atoms with Crippen LogP contribution in [0.2, 0.25) is 0 Å². The molecule has 202 valence electrons. The molecule has 0 radical (unpaired) electrons. The fourth-order valence-corrected chi connectivity index (χ4v) is 4.96. The van der Waals surface area contributed by atoms with Crippen LogP contribution in [0.5, 0.6) is 5.75 Å². The summed E-state index contributed by atoms with van der Waals surface area (Å²) < 4.78 is 41.9. The number of carbonyl (C=O) groups excluding carboxylic acids is 3. The lowest BCUT2D eigenvalue weighted by Crippen LogP contribution is -2.52. The van der Waals surface area contributed by atoms with E-state index in [1.165, 1.54) is 36.3 Å². The number of benzene rings is 2. The van der Waals surface area contributed by atoms with Crippen molar-refractivity contribution in [3.05, 3.63) is 70.7 Å². The van der Waals surface area contributed by atoms with Crippen molar-refractivity contribution < 1.29 is 32.3 Å². The van der Waals surface area contributed by atoms with Crippen molar-refractivity contribution in [2.75, 3.05) is 13.7 Å². The number of rotatable bonds is 8. The van der Waals surface area contributed by atoms with Crippen LogP contribution in [0.25, 0.3) is 22.1 Å². The van der Waals surface area contributed by atoms with E-state index in [0.717, 1.165) is 5.69 Å². The van der Waals surface area contributed by atoms with E-state index in [2.05, 4.69) is 15.7 Å². The highest BCUT2D eigenvalue weighted by molar-refractivity contribution is 6.07. The lowest BCUT2D eigenvalue weighted by atomic mass is 9.94. The molecular formula is C27H25F2N5O5. The van der Waals surface area contributed by atoms with Gasteiger partial charge in [-0.2, -0.15) is 5.10 Å². The van der Waals surface area contributed by atoms with E-state index in [-0.39, 0.29) is 30.2 Å². The third-order valence-electron chi connectivity index (χ3n) is 6.94. The number of nitrogens with zero attached hydrogens (tertiary/aromatic N) is 3. The topological polar surface area (TPSA) is 119 Å². The minimum absolute atomic E-state index is 0.00444. The number of carbonyl (C=O) groups is 3. The summed E-state index contributed by atoms with van der Waals surface area (Å²) in [5.74, 6) is -1.87. The molecule has 12 heteroatoms. The molecule has 2 N–H and O–H groups in total. The van der Waals surface area contributed by atoms with E-state index in [0.29, 0.717) is 34.2 Å². The number of fused-ring (bicyclic) bond motifs is 1.